The Kier molecular flexibility index (Phi) is 3.19. The Morgan fingerprint density at radius 3 is 1.88 bits per heavy atom. The van der Waals surface area contributed by atoms with E-state index in [-0.39, 0.29) is 5.75 Å². The maximum absolute atomic E-state index is 9.16. The third-order valence-corrected chi connectivity index (χ3v) is 3.11. The molecule has 2 aromatic carbocycles. The number of phenols is 1. The summed E-state index contributed by atoms with van der Waals surface area (Å²) in [4.78, 5) is 2.22. The van der Waals surface area contributed by atoms with E-state index >= 15 is 0 Å². The van der Waals surface area contributed by atoms with Gasteiger partial charge in [0.05, 0.1) is 0 Å². The maximum atomic E-state index is 9.16. The van der Waals surface area contributed by atoms with E-state index in [0.29, 0.717) is 0 Å². The van der Waals surface area contributed by atoms with Crippen LogP contribution in [0.1, 0.15) is 5.56 Å². The van der Waals surface area contributed by atoms with Crippen LogP contribution in [0.5, 0.6) is 5.75 Å². The lowest BCUT2D eigenvalue weighted by Gasteiger charge is -2.01. The fraction of sp³-hybridized carbons (Fsp3) is 0. The first-order chi connectivity index (χ1) is 7.78. The standard InChI is InChI=1S/C14H10OS/c1-2-11-3-7-13(8-4-11)16-14-9-5-12(15)6-10-14/h1,3-10,15H. The van der Waals surface area contributed by atoms with Gasteiger partial charge in [-0.15, -0.1) is 6.42 Å². The second kappa shape index (κ2) is 4.78. The molecule has 0 heterocycles. The van der Waals surface area contributed by atoms with Crippen molar-refractivity contribution >= 4 is 11.8 Å². The van der Waals surface area contributed by atoms with Gasteiger partial charge in [-0.2, -0.15) is 0 Å². The van der Waals surface area contributed by atoms with E-state index < -0.39 is 0 Å². The first-order valence-corrected chi connectivity index (χ1v) is 5.63. The molecule has 1 nitrogen and oxygen atoms in total. The second-order valence-electron chi connectivity index (χ2n) is 3.26. The molecular formula is C14H10OS. The van der Waals surface area contributed by atoms with Crippen molar-refractivity contribution in [3.8, 4) is 18.1 Å². The summed E-state index contributed by atoms with van der Waals surface area (Å²) in [5.41, 5.74) is 0.884. The fourth-order valence-electron chi connectivity index (χ4n) is 1.27. The predicted molar refractivity (Wildman–Crippen MR) is 66.6 cm³/mol. The quantitative estimate of drug-likeness (QED) is 0.790. The molecule has 0 fully saturated rings. The SMILES string of the molecule is C#Cc1ccc(Sc2ccc(O)cc2)cc1. The molecule has 0 saturated heterocycles. The predicted octanol–water partition coefficient (Wildman–Crippen LogP) is 3.52. The summed E-state index contributed by atoms with van der Waals surface area (Å²) in [5.74, 6) is 2.87. The second-order valence-corrected chi connectivity index (χ2v) is 4.41. The topological polar surface area (TPSA) is 20.2 Å². The highest BCUT2D eigenvalue weighted by molar-refractivity contribution is 7.99. The van der Waals surface area contributed by atoms with E-state index in [9.17, 15) is 0 Å². The Morgan fingerprint density at radius 1 is 0.875 bits per heavy atom. The molecule has 0 unspecified atom stereocenters. The number of terminal acetylenes is 1. The first kappa shape index (κ1) is 10.7. The smallest absolute Gasteiger partial charge is 0.115 e. The van der Waals surface area contributed by atoms with Gasteiger partial charge in [0.15, 0.2) is 0 Å². The highest BCUT2D eigenvalue weighted by Crippen LogP contribution is 2.28. The molecule has 0 amide bonds. The molecule has 0 bridgehead atoms. The van der Waals surface area contributed by atoms with Crippen LogP contribution in [0.2, 0.25) is 0 Å². The van der Waals surface area contributed by atoms with Gasteiger partial charge in [0, 0.05) is 15.4 Å². The third kappa shape index (κ3) is 2.59. The Balaban J connectivity index is 2.15. The van der Waals surface area contributed by atoms with Gasteiger partial charge in [-0.25, -0.2) is 0 Å². The van der Waals surface area contributed by atoms with Crippen molar-refractivity contribution in [1.82, 2.24) is 0 Å². The number of rotatable bonds is 2. The minimum Gasteiger partial charge on any atom is -0.508 e. The minimum absolute atomic E-state index is 0.284. The minimum atomic E-state index is 0.284. The van der Waals surface area contributed by atoms with Crippen LogP contribution in [0.25, 0.3) is 0 Å². The zero-order valence-electron chi connectivity index (χ0n) is 8.55. The van der Waals surface area contributed by atoms with Gasteiger partial charge in [0.2, 0.25) is 0 Å². The van der Waals surface area contributed by atoms with Crippen molar-refractivity contribution in [3.63, 3.8) is 0 Å². The van der Waals surface area contributed by atoms with Crippen LogP contribution in [-0.2, 0) is 0 Å². The molecule has 2 aromatic rings. The molecule has 2 heteroatoms. The zero-order valence-corrected chi connectivity index (χ0v) is 9.37. The van der Waals surface area contributed by atoms with Crippen LogP contribution in [0.3, 0.4) is 0 Å². The molecule has 0 saturated carbocycles. The van der Waals surface area contributed by atoms with Crippen LogP contribution in [0.15, 0.2) is 58.3 Å². The number of hydrogen-bond acceptors (Lipinski definition) is 2. The van der Waals surface area contributed by atoms with Gasteiger partial charge in [-0.05, 0) is 48.5 Å². The molecule has 0 aromatic heterocycles. The number of hydrogen-bond donors (Lipinski definition) is 1. The van der Waals surface area contributed by atoms with Crippen LogP contribution in [-0.4, -0.2) is 5.11 Å². The highest BCUT2D eigenvalue weighted by Gasteiger charge is 1.97. The summed E-state index contributed by atoms with van der Waals surface area (Å²) < 4.78 is 0. The summed E-state index contributed by atoms with van der Waals surface area (Å²) >= 11 is 1.64. The average molecular weight is 226 g/mol. The Morgan fingerprint density at radius 2 is 1.38 bits per heavy atom. The van der Waals surface area contributed by atoms with Crippen LogP contribution in [0.4, 0.5) is 0 Å². The lowest BCUT2D eigenvalue weighted by atomic mass is 10.2. The molecule has 1 N–H and O–H groups in total. The molecule has 0 spiro atoms. The van der Waals surface area contributed by atoms with Crippen LogP contribution in [0, 0.1) is 12.3 Å². The van der Waals surface area contributed by atoms with E-state index in [1.54, 1.807) is 23.9 Å². The normalized spacial score (nSPS) is 9.69. The maximum Gasteiger partial charge on any atom is 0.115 e. The van der Waals surface area contributed by atoms with Gasteiger partial charge in [-0.3, -0.25) is 0 Å². The van der Waals surface area contributed by atoms with Crippen molar-refractivity contribution in [3.05, 3.63) is 54.1 Å². The van der Waals surface area contributed by atoms with Crippen molar-refractivity contribution < 1.29 is 5.11 Å². The molecular weight excluding hydrogens is 216 g/mol. The molecule has 78 valence electrons. The van der Waals surface area contributed by atoms with E-state index in [1.165, 1.54) is 0 Å². The summed E-state index contributed by atoms with van der Waals surface area (Å²) in [7, 11) is 0. The van der Waals surface area contributed by atoms with Gasteiger partial charge in [-0.1, -0.05) is 17.7 Å². The fourth-order valence-corrected chi connectivity index (χ4v) is 2.09. The molecule has 0 radical (unpaired) electrons. The van der Waals surface area contributed by atoms with Gasteiger partial charge < -0.3 is 5.11 Å². The molecule has 2 rings (SSSR count). The van der Waals surface area contributed by atoms with Crippen molar-refractivity contribution in [2.45, 2.75) is 9.79 Å². The largest absolute Gasteiger partial charge is 0.508 e. The molecule has 0 aliphatic rings. The summed E-state index contributed by atoms with van der Waals surface area (Å²) in [6.45, 7) is 0. The Hall–Kier alpha value is -1.85. The lowest BCUT2D eigenvalue weighted by Crippen LogP contribution is -1.75. The van der Waals surface area contributed by atoms with Gasteiger partial charge in [0.1, 0.15) is 5.75 Å². The van der Waals surface area contributed by atoms with Crippen LogP contribution >= 0.6 is 11.8 Å². The van der Waals surface area contributed by atoms with Crippen molar-refractivity contribution in [1.29, 1.82) is 0 Å². The Bertz CT molecular complexity index is 506. The van der Waals surface area contributed by atoms with E-state index in [2.05, 4.69) is 5.92 Å². The lowest BCUT2D eigenvalue weighted by molar-refractivity contribution is 0.475. The zero-order chi connectivity index (χ0) is 11.4. The molecule has 0 aliphatic heterocycles. The first-order valence-electron chi connectivity index (χ1n) is 4.81. The third-order valence-electron chi connectivity index (χ3n) is 2.09. The molecule has 0 aliphatic carbocycles. The van der Waals surface area contributed by atoms with Gasteiger partial charge in [0.25, 0.3) is 0 Å². The number of phenolic OH excluding ortho intramolecular Hbond substituents is 1. The highest BCUT2D eigenvalue weighted by atomic mass is 32.2. The summed E-state index contributed by atoms with van der Waals surface area (Å²) in [6.07, 6.45) is 5.28. The monoisotopic (exact) mass is 226 g/mol. The number of benzene rings is 2. The Labute approximate surface area is 99.1 Å². The average Bonchev–Trinajstić information content (AvgIpc) is 2.33. The van der Waals surface area contributed by atoms with E-state index in [1.807, 2.05) is 36.4 Å². The number of aromatic hydroxyl groups is 1. The van der Waals surface area contributed by atoms with Gasteiger partial charge >= 0.3 is 0 Å². The van der Waals surface area contributed by atoms with Crippen LogP contribution < -0.4 is 0 Å². The molecule has 16 heavy (non-hydrogen) atoms. The molecule has 0 atom stereocenters. The summed E-state index contributed by atoms with van der Waals surface area (Å²) in [6, 6.07) is 14.9. The van der Waals surface area contributed by atoms with E-state index in [4.69, 9.17) is 11.5 Å². The van der Waals surface area contributed by atoms with Crippen molar-refractivity contribution in [2.75, 3.05) is 0 Å². The van der Waals surface area contributed by atoms with Crippen molar-refractivity contribution in [2.24, 2.45) is 0 Å². The van der Waals surface area contributed by atoms with E-state index in [0.717, 1.165) is 15.4 Å². The summed E-state index contributed by atoms with van der Waals surface area (Å²) in [5, 5.41) is 9.16.